The summed E-state index contributed by atoms with van der Waals surface area (Å²) in [5.74, 6) is 0.412. The van der Waals surface area contributed by atoms with Gasteiger partial charge in [-0.15, -0.1) is 0 Å². The lowest BCUT2D eigenvalue weighted by Gasteiger charge is -2.38. The number of hydrogen-bond donors (Lipinski definition) is 1. The molecule has 2 aliphatic rings. The third kappa shape index (κ3) is 6.85. The number of hydrogen-bond acceptors (Lipinski definition) is 3. The fourth-order valence-electron chi connectivity index (χ4n) is 5.47. The lowest BCUT2D eigenvalue weighted by molar-refractivity contribution is -0.137. The molecular weight excluding hydrogens is 560 g/mol. The Morgan fingerprint density at radius 1 is 0.850 bits per heavy atom. The molecular formula is C30H31Cl2F3N4O. The van der Waals surface area contributed by atoms with Crippen molar-refractivity contribution in [1.82, 2.24) is 9.80 Å². The summed E-state index contributed by atoms with van der Waals surface area (Å²) in [4.78, 5) is 18.8. The number of carbonyl (C=O) groups excluding carboxylic acids is 1. The van der Waals surface area contributed by atoms with Gasteiger partial charge in [-0.05, 0) is 60.2 Å². The van der Waals surface area contributed by atoms with Gasteiger partial charge in [0, 0.05) is 57.2 Å². The van der Waals surface area contributed by atoms with Crippen molar-refractivity contribution in [3.63, 3.8) is 0 Å². The van der Waals surface area contributed by atoms with E-state index >= 15 is 0 Å². The van der Waals surface area contributed by atoms with Crippen molar-refractivity contribution in [2.24, 2.45) is 0 Å². The second-order valence-corrected chi connectivity index (χ2v) is 11.1. The highest BCUT2D eigenvalue weighted by atomic mass is 35.5. The molecule has 0 bridgehead atoms. The molecule has 3 aromatic carbocycles. The molecule has 2 amide bonds. The molecule has 0 unspecified atom stereocenters. The summed E-state index contributed by atoms with van der Waals surface area (Å²) < 4.78 is 40.9. The maximum atomic E-state index is 13.6. The van der Waals surface area contributed by atoms with Gasteiger partial charge in [-0.1, -0.05) is 59.6 Å². The monoisotopic (exact) mass is 590 g/mol. The van der Waals surface area contributed by atoms with E-state index in [0.717, 1.165) is 18.4 Å². The number of rotatable bonds is 5. The summed E-state index contributed by atoms with van der Waals surface area (Å²) in [6.07, 6.45) is -2.61. The lowest BCUT2D eigenvalue weighted by atomic mass is 9.89. The summed E-state index contributed by atoms with van der Waals surface area (Å²) in [6.45, 7) is 4.18. The number of piperidine rings is 1. The molecule has 1 N–H and O–H groups in total. The van der Waals surface area contributed by atoms with Crippen LogP contribution in [-0.4, -0.2) is 55.1 Å². The van der Waals surface area contributed by atoms with E-state index in [2.05, 4.69) is 27.2 Å². The molecule has 2 saturated heterocycles. The molecule has 3 aromatic rings. The Labute approximate surface area is 242 Å². The van der Waals surface area contributed by atoms with Gasteiger partial charge in [0.25, 0.3) is 0 Å². The Morgan fingerprint density at radius 2 is 1.55 bits per heavy atom. The Hall–Kier alpha value is -2.94. The molecule has 0 spiro atoms. The van der Waals surface area contributed by atoms with Crippen molar-refractivity contribution in [3.05, 3.63) is 93.5 Å². The molecule has 2 aliphatic heterocycles. The minimum Gasteiger partial charge on any atom is -0.371 e. The molecule has 0 radical (unpaired) electrons. The fourth-order valence-corrected chi connectivity index (χ4v) is 5.77. The first-order valence-corrected chi connectivity index (χ1v) is 14.2. The molecule has 0 aliphatic carbocycles. The summed E-state index contributed by atoms with van der Waals surface area (Å²) >= 11 is 12.0. The third-order valence-corrected chi connectivity index (χ3v) is 8.48. The van der Waals surface area contributed by atoms with Gasteiger partial charge in [0.1, 0.15) is 0 Å². The highest BCUT2D eigenvalue weighted by Gasteiger charge is 2.33. The van der Waals surface area contributed by atoms with Gasteiger partial charge in [0.05, 0.1) is 15.6 Å². The molecule has 5 nitrogen and oxygen atoms in total. The van der Waals surface area contributed by atoms with Crippen molar-refractivity contribution >= 4 is 40.6 Å². The summed E-state index contributed by atoms with van der Waals surface area (Å²) in [5.41, 5.74) is 2.75. The van der Waals surface area contributed by atoms with E-state index < -0.39 is 11.7 Å². The van der Waals surface area contributed by atoms with Gasteiger partial charge in [0.2, 0.25) is 0 Å². The smallest absolute Gasteiger partial charge is 0.371 e. The number of halogens is 5. The van der Waals surface area contributed by atoms with Gasteiger partial charge in [-0.25, -0.2) is 4.79 Å². The summed E-state index contributed by atoms with van der Waals surface area (Å²) in [7, 11) is 0. The van der Waals surface area contributed by atoms with Gasteiger partial charge in [-0.2, -0.15) is 13.2 Å². The number of nitrogens with one attached hydrogen (secondary N) is 1. The first-order chi connectivity index (χ1) is 19.2. The maximum absolute atomic E-state index is 13.6. The van der Waals surface area contributed by atoms with Gasteiger partial charge in [0.15, 0.2) is 0 Å². The van der Waals surface area contributed by atoms with Crippen LogP contribution in [0.2, 0.25) is 10.0 Å². The van der Waals surface area contributed by atoms with Crippen molar-refractivity contribution in [3.8, 4) is 0 Å². The second kappa shape index (κ2) is 12.3. The number of alkyl halides is 3. The zero-order chi connectivity index (χ0) is 28.3. The van der Waals surface area contributed by atoms with E-state index in [4.69, 9.17) is 23.2 Å². The van der Waals surface area contributed by atoms with Crippen molar-refractivity contribution in [2.75, 3.05) is 49.5 Å². The predicted molar refractivity (Wildman–Crippen MR) is 154 cm³/mol. The second-order valence-electron chi connectivity index (χ2n) is 10.3. The molecule has 40 heavy (non-hydrogen) atoms. The van der Waals surface area contributed by atoms with E-state index in [1.165, 1.54) is 17.7 Å². The van der Waals surface area contributed by atoms with Crippen LogP contribution >= 0.6 is 23.2 Å². The molecule has 5 rings (SSSR count). The zero-order valence-electron chi connectivity index (χ0n) is 21.9. The number of urea groups is 1. The quantitative estimate of drug-likeness (QED) is 0.330. The minimum atomic E-state index is -4.40. The van der Waals surface area contributed by atoms with Gasteiger partial charge in [-0.3, -0.25) is 4.90 Å². The number of amides is 2. The molecule has 2 heterocycles. The Kier molecular flexibility index (Phi) is 8.78. The topological polar surface area (TPSA) is 38.8 Å². The first kappa shape index (κ1) is 28.6. The van der Waals surface area contributed by atoms with E-state index in [0.29, 0.717) is 73.2 Å². The van der Waals surface area contributed by atoms with Gasteiger partial charge < -0.3 is 15.1 Å². The standard InChI is InChI=1S/C30H31Cl2F3N4O/c31-26-9-8-25(19-27(26)32)36-29(40)39-16-14-37(15-17-39)20-23-6-7-24(30(33,34)35)18-28(23)38-12-10-22(11-13-38)21-4-2-1-3-5-21/h1-9,18-19,22H,10-17,20H2,(H,36,40). The maximum Gasteiger partial charge on any atom is 0.416 e. The summed E-state index contributed by atoms with van der Waals surface area (Å²) in [6, 6.07) is 19.1. The Bertz CT molecular complexity index is 1320. The van der Waals surface area contributed by atoms with Crippen LogP contribution in [0.25, 0.3) is 0 Å². The average Bonchev–Trinajstić information content (AvgIpc) is 2.95. The molecule has 212 valence electrons. The number of nitrogens with zero attached hydrogens (tertiary/aromatic N) is 3. The summed E-state index contributed by atoms with van der Waals surface area (Å²) in [5, 5.41) is 3.62. The first-order valence-electron chi connectivity index (χ1n) is 13.4. The van der Waals surface area contributed by atoms with Crippen LogP contribution in [0.5, 0.6) is 0 Å². The highest BCUT2D eigenvalue weighted by molar-refractivity contribution is 6.42. The third-order valence-electron chi connectivity index (χ3n) is 7.74. The van der Waals surface area contributed by atoms with E-state index in [-0.39, 0.29) is 6.03 Å². The van der Waals surface area contributed by atoms with E-state index in [9.17, 15) is 18.0 Å². The van der Waals surface area contributed by atoms with Crippen molar-refractivity contribution in [1.29, 1.82) is 0 Å². The Balaban J connectivity index is 1.23. The van der Waals surface area contributed by atoms with Crippen LogP contribution in [0.1, 0.15) is 35.4 Å². The van der Waals surface area contributed by atoms with Crippen molar-refractivity contribution < 1.29 is 18.0 Å². The average molecular weight is 592 g/mol. The molecule has 0 atom stereocenters. The minimum absolute atomic E-state index is 0.227. The number of anilines is 2. The van der Waals surface area contributed by atoms with Crippen LogP contribution < -0.4 is 10.2 Å². The molecule has 10 heteroatoms. The van der Waals surface area contributed by atoms with Crippen LogP contribution in [-0.2, 0) is 12.7 Å². The molecule has 0 aromatic heterocycles. The normalized spacial score (nSPS) is 17.2. The highest BCUT2D eigenvalue weighted by Crippen LogP contribution is 2.37. The van der Waals surface area contributed by atoms with E-state index in [1.54, 1.807) is 29.2 Å². The molecule has 2 fully saturated rings. The van der Waals surface area contributed by atoms with Crippen molar-refractivity contribution in [2.45, 2.75) is 31.5 Å². The lowest BCUT2D eigenvalue weighted by Crippen LogP contribution is -2.49. The van der Waals surface area contributed by atoms with E-state index in [1.807, 2.05) is 18.2 Å². The molecule has 0 saturated carbocycles. The van der Waals surface area contributed by atoms with Crippen LogP contribution in [0, 0.1) is 0 Å². The fraction of sp³-hybridized carbons (Fsp3) is 0.367. The van der Waals surface area contributed by atoms with Crippen LogP contribution in [0.3, 0.4) is 0 Å². The Morgan fingerprint density at radius 3 is 2.20 bits per heavy atom. The zero-order valence-corrected chi connectivity index (χ0v) is 23.4. The predicted octanol–water partition coefficient (Wildman–Crippen LogP) is 7.75. The number of piperazine rings is 1. The number of carbonyl (C=O) groups is 1. The SMILES string of the molecule is O=C(Nc1ccc(Cl)c(Cl)c1)N1CCN(Cc2ccc(C(F)(F)F)cc2N2CCC(c3ccccc3)CC2)CC1. The number of benzene rings is 3. The van der Waals surface area contributed by atoms with Crippen LogP contribution in [0.15, 0.2) is 66.7 Å². The van der Waals surface area contributed by atoms with Gasteiger partial charge >= 0.3 is 12.2 Å². The largest absolute Gasteiger partial charge is 0.416 e. The van der Waals surface area contributed by atoms with Crippen LogP contribution in [0.4, 0.5) is 29.3 Å².